The fraction of sp³-hybridized carbons (Fsp3) is 0.294. The predicted octanol–water partition coefficient (Wildman–Crippen LogP) is 3.10. The van der Waals surface area contributed by atoms with E-state index in [4.69, 9.17) is 10.5 Å². The van der Waals surface area contributed by atoms with Gasteiger partial charge in [0.2, 0.25) is 0 Å². The maximum Gasteiger partial charge on any atom is 0.122 e. The van der Waals surface area contributed by atoms with Crippen molar-refractivity contribution in [3.8, 4) is 5.75 Å². The van der Waals surface area contributed by atoms with Gasteiger partial charge in [0.15, 0.2) is 0 Å². The molecule has 1 unspecified atom stereocenters. The number of hydrogen-bond donors (Lipinski definition) is 2. The highest BCUT2D eigenvalue weighted by molar-refractivity contribution is 5.48. The summed E-state index contributed by atoms with van der Waals surface area (Å²) in [5, 5.41) is 3.15. The first-order chi connectivity index (χ1) is 9.78. The molecule has 104 valence electrons. The van der Waals surface area contributed by atoms with Crippen LogP contribution >= 0.6 is 0 Å². The molecule has 1 aliphatic rings. The van der Waals surface area contributed by atoms with Crippen molar-refractivity contribution >= 4 is 5.69 Å². The Balaban J connectivity index is 1.91. The average Bonchev–Trinajstić information content (AvgIpc) is 2.53. The lowest BCUT2D eigenvalue weighted by atomic mass is 9.95. The van der Waals surface area contributed by atoms with Crippen LogP contribution in [0.5, 0.6) is 5.75 Å². The van der Waals surface area contributed by atoms with Crippen LogP contribution in [-0.2, 0) is 6.42 Å². The molecule has 0 saturated carbocycles. The number of fused-ring (bicyclic) bond motifs is 1. The van der Waals surface area contributed by atoms with Gasteiger partial charge in [0.05, 0.1) is 12.6 Å². The lowest BCUT2D eigenvalue weighted by Crippen LogP contribution is -2.14. The molecule has 0 aromatic heterocycles. The van der Waals surface area contributed by atoms with E-state index in [1.807, 2.05) is 25.2 Å². The zero-order chi connectivity index (χ0) is 13.9. The van der Waals surface area contributed by atoms with Crippen LogP contribution in [0.25, 0.3) is 0 Å². The second-order valence-corrected chi connectivity index (χ2v) is 5.17. The highest BCUT2D eigenvalue weighted by Crippen LogP contribution is 2.29. The minimum absolute atomic E-state index is 0.101. The van der Waals surface area contributed by atoms with Crippen LogP contribution in [0.1, 0.15) is 29.2 Å². The standard InChI is InChI=1S/C17H20N2O/c1-19-15-6-2-4-13(11-15)17(18)14-7-8-16-12(10-14)5-3-9-20-16/h2,4,6-8,10-11,17,19H,3,5,9,18H2,1H3. The molecular formula is C17H20N2O. The van der Waals surface area contributed by atoms with Crippen LogP contribution in [0.3, 0.4) is 0 Å². The molecule has 0 saturated heterocycles. The van der Waals surface area contributed by atoms with Crippen molar-refractivity contribution in [2.24, 2.45) is 5.73 Å². The summed E-state index contributed by atoms with van der Waals surface area (Å²) in [7, 11) is 1.92. The maximum atomic E-state index is 6.40. The summed E-state index contributed by atoms with van der Waals surface area (Å²) in [5.41, 5.74) is 11.0. The highest BCUT2D eigenvalue weighted by Gasteiger charge is 2.14. The lowest BCUT2D eigenvalue weighted by Gasteiger charge is -2.20. The molecule has 0 fully saturated rings. The van der Waals surface area contributed by atoms with E-state index in [2.05, 4.69) is 29.6 Å². The van der Waals surface area contributed by atoms with Crippen molar-refractivity contribution in [1.82, 2.24) is 0 Å². The van der Waals surface area contributed by atoms with Gasteiger partial charge >= 0.3 is 0 Å². The van der Waals surface area contributed by atoms with Gasteiger partial charge in [-0.05, 0) is 47.7 Å². The largest absolute Gasteiger partial charge is 0.493 e. The molecule has 2 aromatic carbocycles. The second kappa shape index (κ2) is 5.55. The van der Waals surface area contributed by atoms with Crippen LogP contribution in [0.15, 0.2) is 42.5 Å². The molecule has 0 amide bonds. The molecule has 20 heavy (non-hydrogen) atoms. The van der Waals surface area contributed by atoms with Crippen molar-refractivity contribution in [2.75, 3.05) is 19.0 Å². The van der Waals surface area contributed by atoms with Gasteiger partial charge in [0.1, 0.15) is 5.75 Å². The Labute approximate surface area is 119 Å². The first-order valence-electron chi connectivity index (χ1n) is 7.07. The SMILES string of the molecule is CNc1cccc(C(N)c2ccc3c(c2)CCCO3)c1. The number of hydrogen-bond acceptors (Lipinski definition) is 3. The number of nitrogens with two attached hydrogens (primary N) is 1. The fourth-order valence-electron chi connectivity index (χ4n) is 2.65. The first kappa shape index (κ1) is 13.0. The van der Waals surface area contributed by atoms with Gasteiger partial charge in [-0.15, -0.1) is 0 Å². The summed E-state index contributed by atoms with van der Waals surface area (Å²) < 4.78 is 5.65. The van der Waals surface area contributed by atoms with E-state index in [0.29, 0.717) is 0 Å². The summed E-state index contributed by atoms with van der Waals surface area (Å²) in [5.74, 6) is 1.01. The van der Waals surface area contributed by atoms with Gasteiger partial charge in [-0.25, -0.2) is 0 Å². The topological polar surface area (TPSA) is 47.3 Å². The van der Waals surface area contributed by atoms with Crippen LogP contribution in [0, 0.1) is 0 Å². The lowest BCUT2D eigenvalue weighted by molar-refractivity contribution is 0.288. The molecule has 3 rings (SSSR count). The molecule has 3 heteroatoms. The third-order valence-electron chi connectivity index (χ3n) is 3.83. The van der Waals surface area contributed by atoms with Crippen LogP contribution in [0.4, 0.5) is 5.69 Å². The molecule has 3 nitrogen and oxygen atoms in total. The van der Waals surface area contributed by atoms with E-state index in [1.165, 1.54) is 5.56 Å². The van der Waals surface area contributed by atoms with Gasteiger partial charge < -0.3 is 15.8 Å². The summed E-state index contributed by atoms with van der Waals surface area (Å²) in [6.45, 7) is 0.822. The van der Waals surface area contributed by atoms with Crippen molar-refractivity contribution in [3.05, 3.63) is 59.2 Å². The predicted molar refractivity (Wildman–Crippen MR) is 82.3 cm³/mol. The fourth-order valence-corrected chi connectivity index (χ4v) is 2.65. The van der Waals surface area contributed by atoms with E-state index >= 15 is 0 Å². The Bertz CT molecular complexity index is 610. The molecule has 2 aromatic rings. The van der Waals surface area contributed by atoms with Crippen molar-refractivity contribution in [2.45, 2.75) is 18.9 Å². The summed E-state index contributed by atoms with van der Waals surface area (Å²) in [6.07, 6.45) is 2.16. The van der Waals surface area contributed by atoms with E-state index in [0.717, 1.165) is 42.0 Å². The van der Waals surface area contributed by atoms with E-state index in [-0.39, 0.29) is 6.04 Å². The smallest absolute Gasteiger partial charge is 0.122 e. The van der Waals surface area contributed by atoms with Crippen molar-refractivity contribution in [1.29, 1.82) is 0 Å². The van der Waals surface area contributed by atoms with Gasteiger partial charge in [-0.3, -0.25) is 0 Å². The molecule has 1 aliphatic heterocycles. The third-order valence-corrected chi connectivity index (χ3v) is 3.83. The zero-order valence-corrected chi connectivity index (χ0v) is 11.7. The quantitative estimate of drug-likeness (QED) is 0.899. The number of benzene rings is 2. The number of rotatable bonds is 3. The van der Waals surface area contributed by atoms with Crippen LogP contribution < -0.4 is 15.8 Å². The van der Waals surface area contributed by atoms with Gasteiger partial charge in [-0.2, -0.15) is 0 Å². The molecule has 3 N–H and O–H groups in total. The minimum Gasteiger partial charge on any atom is -0.493 e. The van der Waals surface area contributed by atoms with Crippen molar-refractivity contribution in [3.63, 3.8) is 0 Å². The zero-order valence-electron chi connectivity index (χ0n) is 11.7. The van der Waals surface area contributed by atoms with Crippen LogP contribution in [-0.4, -0.2) is 13.7 Å². The van der Waals surface area contributed by atoms with Gasteiger partial charge in [0, 0.05) is 12.7 Å². The van der Waals surface area contributed by atoms with E-state index in [1.54, 1.807) is 0 Å². The monoisotopic (exact) mass is 268 g/mol. The summed E-state index contributed by atoms with van der Waals surface area (Å²) in [4.78, 5) is 0. The highest BCUT2D eigenvalue weighted by atomic mass is 16.5. The average molecular weight is 268 g/mol. The third kappa shape index (κ3) is 2.49. The minimum atomic E-state index is -0.101. The van der Waals surface area contributed by atoms with Crippen molar-refractivity contribution < 1.29 is 4.74 Å². The van der Waals surface area contributed by atoms with Crippen LogP contribution in [0.2, 0.25) is 0 Å². The molecule has 0 spiro atoms. The Hall–Kier alpha value is -2.00. The molecule has 1 atom stereocenters. The Morgan fingerprint density at radius 2 is 2.00 bits per heavy atom. The Kier molecular flexibility index (Phi) is 3.61. The van der Waals surface area contributed by atoms with Gasteiger partial charge in [-0.1, -0.05) is 24.3 Å². The summed E-state index contributed by atoms with van der Waals surface area (Å²) >= 11 is 0. The van der Waals surface area contributed by atoms with E-state index < -0.39 is 0 Å². The molecule has 0 radical (unpaired) electrons. The normalized spacial score (nSPS) is 15.1. The molecule has 0 aliphatic carbocycles. The Morgan fingerprint density at radius 1 is 1.15 bits per heavy atom. The first-order valence-corrected chi connectivity index (χ1v) is 7.07. The second-order valence-electron chi connectivity index (χ2n) is 5.17. The summed E-state index contributed by atoms with van der Waals surface area (Å²) in [6, 6.07) is 14.4. The number of ether oxygens (including phenoxy) is 1. The van der Waals surface area contributed by atoms with Gasteiger partial charge in [0.25, 0.3) is 0 Å². The Morgan fingerprint density at radius 3 is 2.85 bits per heavy atom. The number of anilines is 1. The maximum absolute atomic E-state index is 6.40. The van der Waals surface area contributed by atoms with E-state index in [9.17, 15) is 0 Å². The molecule has 1 heterocycles. The number of nitrogens with one attached hydrogen (secondary N) is 1. The molecular weight excluding hydrogens is 248 g/mol. The number of aryl methyl sites for hydroxylation is 1. The molecule has 0 bridgehead atoms.